The van der Waals surface area contributed by atoms with Crippen LogP contribution in [0.2, 0.25) is 0 Å². The van der Waals surface area contributed by atoms with Crippen LogP contribution in [0.15, 0.2) is 36.9 Å². The van der Waals surface area contributed by atoms with Crippen LogP contribution in [0.5, 0.6) is 11.5 Å². The third kappa shape index (κ3) is 4.25. The van der Waals surface area contributed by atoms with Gasteiger partial charge in [-0.3, -0.25) is 9.36 Å². The molecule has 12 heteroatoms. The van der Waals surface area contributed by atoms with E-state index < -0.39 is 36.2 Å². The van der Waals surface area contributed by atoms with Crippen molar-refractivity contribution in [3.8, 4) is 11.5 Å². The lowest BCUT2D eigenvalue weighted by Gasteiger charge is -2.16. The third-order valence-electron chi connectivity index (χ3n) is 5.67. The molecule has 1 aromatic carbocycles. The largest absolute Gasteiger partial charge is 0.504 e. The summed E-state index contributed by atoms with van der Waals surface area (Å²) in [6.45, 7) is 3.86. The van der Waals surface area contributed by atoms with Gasteiger partial charge in [-0.15, -0.1) is 0 Å². The van der Waals surface area contributed by atoms with Crippen LogP contribution in [0.25, 0.3) is 11.2 Å². The van der Waals surface area contributed by atoms with E-state index in [0.29, 0.717) is 16.7 Å². The fraction of sp³-hybridized carbons (Fsp3) is 0.364. The van der Waals surface area contributed by atoms with E-state index in [2.05, 4.69) is 20.3 Å². The number of nitrogens with two attached hydrogens (primary N) is 1. The average molecular weight is 470 g/mol. The Hall–Kier alpha value is -3.74. The maximum Gasteiger partial charge on any atom is 0.255 e. The van der Waals surface area contributed by atoms with Gasteiger partial charge in [0.1, 0.15) is 30.2 Å². The molecule has 0 bridgehead atoms. The molecule has 0 aliphatic carbocycles. The van der Waals surface area contributed by atoms with Gasteiger partial charge in [-0.25, -0.2) is 15.0 Å². The van der Waals surface area contributed by atoms with E-state index >= 15 is 0 Å². The summed E-state index contributed by atoms with van der Waals surface area (Å²) in [4.78, 5) is 24.6. The summed E-state index contributed by atoms with van der Waals surface area (Å²) in [5.41, 5.74) is 7.16. The van der Waals surface area contributed by atoms with Gasteiger partial charge in [0.05, 0.1) is 11.9 Å². The second-order valence-corrected chi connectivity index (χ2v) is 8.28. The number of hydrogen-bond donors (Lipinski definition) is 6. The Balaban J connectivity index is 1.42. The molecule has 2 aromatic heterocycles. The normalized spacial score (nSPS) is 22.7. The Bertz CT molecular complexity index is 1240. The van der Waals surface area contributed by atoms with Gasteiger partial charge in [0.2, 0.25) is 0 Å². The minimum Gasteiger partial charge on any atom is -0.504 e. The fourth-order valence-electron chi connectivity index (χ4n) is 3.73. The minimum absolute atomic E-state index is 0.0435. The number of amides is 1. The Morgan fingerprint density at radius 1 is 1.24 bits per heavy atom. The van der Waals surface area contributed by atoms with Gasteiger partial charge in [-0.1, -0.05) is 26.0 Å². The lowest BCUT2D eigenvalue weighted by molar-refractivity contribution is -0.0245. The number of aliphatic hydroxyl groups excluding tert-OH is 2. The molecule has 34 heavy (non-hydrogen) atoms. The number of ether oxygens (including phenoxy) is 1. The number of nitrogen functional groups attached to an aromatic ring is 1. The molecule has 1 aliphatic rings. The Morgan fingerprint density at radius 2 is 2.00 bits per heavy atom. The monoisotopic (exact) mass is 470 g/mol. The summed E-state index contributed by atoms with van der Waals surface area (Å²) in [6, 6.07) is 2.94. The van der Waals surface area contributed by atoms with E-state index in [4.69, 9.17) is 10.5 Å². The number of carbonyl (C=O) groups excluding carboxylic acids is 1. The first-order valence-electron chi connectivity index (χ1n) is 10.6. The molecule has 1 fully saturated rings. The fourth-order valence-corrected chi connectivity index (χ4v) is 3.73. The molecule has 7 N–H and O–H groups in total. The van der Waals surface area contributed by atoms with E-state index in [1.165, 1.54) is 35.4 Å². The van der Waals surface area contributed by atoms with Crippen LogP contribution in [-0.2, 0) is 4.74 Å². The van der Waals surface area contributed by atoms with Crippen LogP contribution >= 0.6 is 0 Å². The van der Waals surface area contributed by atoms with Crippen molar-refractivity contribution in [3.63, 3.8) is 0 Å². The van der Waals surface area contributed by atoms with Crippen LogP contribution in [0.4, 0.5) is 5.82 Å². The first-order valence-corrected chi connectivity index (χ1v) is 10.6. The SMILES string of the molecule is CC(C)c1cc(O)c(O)c(C(=O)NCC=CC2OC(n3cnc4c(N)ncnc43)[C@H](O)C2O)c1. The van der Waals surface area contributed by atoms with Crippen LogP contribution in [0.1, 0.15) is 41.9 Å². The van der Waals surface area contributed by atoms with Crippen molar-refractivity contribution >= 4 is 22.9 Å². The highest BCUT2D eigenvalue weighted by Gasteiger charge is 2.43. The molecule has 1 aliphatic heterocycles. The Kier molecular flexibility index (Phi) is 6.37. The average Bonchev–Trinajstić information content (AvgIpc) is 3.35. The van der Waals surface area contributed by atoms with E-state index in [1.54, 1.807) is 6.08 Å². The first kappa shape index (κ1) is 23.4. The molecular formula is C22H26N6O6. The summed E-state index contributed by atoms with van der Waals surface area (Å²) in [6.07, 6.45) is 1.40. The van der Waals surface area contributed by atoms with Crippen LogP contribution in [0, 0.1) is 0 Å². The quantitative estimate of drug-likeness (QED) is 0.219. The van der Waals surface area contributed by atoms with Crippen molar-refractivity contribution in [2.24, 2.45) is 0 Å². The molecule has 0 spiro atoms. The molecule has 1 saturated heterocycles. The van der Waals surface area contributed by atoms with Crippen LogP contribution in [0.3, 0.4) is 0 Å². The van der Waals surface area contributed by atoms with Gasteiger partial charge >= 0.3 is 0 Å². The minimum atomic E-state index is -1.27. The topological polar surface area (TPSA) is 189 Å². The van der Waals surface area contributed by atoms with E-state index in [9.17, 15) is 25.2 Å². The highest BCUT2D eigenvalue weighted by molar-refractivity contribution is 5.98. The molecule has 1 amide bonds. The number of aliphatic hydroxyl groups is 2. The van der Waals surface area contributed by atoms with Gasteiger partial charge in [-0.05, 0) is 23.6 Å². The Morgan fingerprint density at radius 3 is 2.74 bits per heavy atom. The number of phenolic OH excluding ortho intramolecular Hbond substituents is 2. The van der Waals surface area contributed by atoms with Gasteiger partial charge in [-0.2, -0.15) is 0 Å². The molecule has 12 nitrogen and oxygen atoms in total. The number of nitrogens with zero attached hydrogens (tertiary/aromatic N) is 4. The summed E-state index contributed by atoms with van der Waals surface area (Å²) in [5, 5.41) is 43.5. The number of phenols is 2. The molecule has 3 aromatic rings. The molecule has 3 heterocycles. The maximum absolute atomic E-state index is 12.5. The Labute approximate surface area is 194 Å². The van der Waals surface area contributed by atoms with Gasteiger partial charge in [0.15, 0.2) is 29.2 Å². The number of anilines is 1. The van der Waals surface area contributed by atoms with E-state index in [-0.39, 0.29) is 29.6 Å². The zero-order valence-corrected chi connectivity index (χ0v) is 18.5. The molecule has 4 atom stereocenters. The number of carbonyl (C=O) groups is 1. The van der Waals surface area contributed by atoms with Crippen molar-refractivity contribution < 1.29 is 30.0 Å². The zero-order chi connectivity index (χ0) is 24.6. The summed E-state index contributed by atoms with van der Waals surface area (Å²) in [7, 11) is 0. The number of rotatable bonds is 6. The number of hydrogen-bond acceptors (Lipinski definition) is 10. The van der Waals surface area contributed by atoms with Gasteiger partial charge < -0.3 is 36.2 Å². The standard InChI is InChI=1S/C22H26N6O6/c1-10(2)11-6-12(16(30)13(29)7-11)21(33)24-5-3-4-14-17(31)18(32)22(34-14)28-9-27-15-19(23)25-8-26-20(15)28/h3-4,6-10,14,17-18,22,29-32H,5H2,1-2H3,(H,24,33)(H2,23,25,26)/t14?,17?,18-,22?/m1/s1. The highest BCUT2D eigenvalue weighted by atomic mass is 16.6. The van der Waals surface area contributed by atoms with Crippen molar-refractivity contribution in [2.75, 3.05) is 12.3 Å². The lowest BCUT2D eigenvalue weighted by Crippen LogP contribution is -2.31. The predicted molar refractivity (Wildman–Crippen MR) is 121 cm³/mol. The zero-order valence-electron chi connectivity index (χ0n) is 18.5. The van der Waals surface area contributed by atoms with Crippen molar-refractivity contribution in [3.05, 3.63) is 48.1 Å². The first-order chi connectivity index (χ1) is 16.2. The molecular weight excluding hydrogens is 444 g/mol. The van der Waals surface area contributed by atoms with E-state index in [1.807, 2.05) is 13.8 Å². The summed E-state index contributed by atoms with van der Waals surface area (Å²) >= 11 is 0. The van der Waals surface area contributed by atoms with Crippen LogP contribution in [-0.4, -0.2) is 70.7 Å². The number of aromatic hydroxyl groups is 2. The molecule has 0 saturated carbocycles. The molecule has 0 radical (unpaired) electrons. The third-order valence-corrected chi connectivity index (χ3v) is 5.67. The number of imidazole rings is 1. The summed E-state index contributed by atoms with van der Waals surface area (Å²) in [5.74, 6) is -1.21. The van der Waals surface area contributed by atoms with Gasteiger partial charge in [0, 0.05) is 6.54 Å². The number of fused-ring (bicyclic) bond motifs is 1. The van der Waals surface area contributed by atoms with E-state index in [0.717, 1.165) is 0 Å². The van der Waals surface area contributed by atoms with Crippen molar-refractivity contribution in [1.82, 2.24) is 24.8 Å². The predicted octanol–water partition coefficient (Wildman–Crippen LogP) is 0.548. The van der Waals surface area contributed by atoms with Gasteiger partial charge in [0.25, 0.3) is 5.91 Å². The second-order valence-electron chi connectivity index (χ2n) is 8.28. The number of benzene rings is 1. The maximum atomic E-state index is 12.5. The molecule has 3 unspecified atom stereocenters. The van der Waals surface area contributed by atoms with Crippen molar-refractivity contribution in [1.29, 1.82) is 0 Å². The summed E-state index contributed by atoms with van der Waals surface area (Å²) < 4.78 is 7.26. The number of aromatic nitrogens is 4. The van der Waals surface area contributed by atoms with Crippen molar-refractivity contribution in [2.45, 2.75) is 44.3 Å². The highest BCUT2D eigenvalue weighted by Crippen LogP contribution is 2.34. The smallest absolute Gasteiger partial charge is 0.255 e. The lowest BCUT2D eigenvalue weighted by atomic mass is 9.99. The van der Waals surface area contributed by atoms with Crippen LogP contribution < -0.4 is 11.1 Å². The second kappa shape index (κ2) is 9.25. The molecule has 4 rings (SSSR count). The molecule has 180 valence electrons. The number of nitrogens with one attached hydrogen (secondary N) is 1.